The minimum Gasteiger partial charge on any atom is -0.481 e. The minimum atomic E-state index is -0.0877. The van der Waals surface area contributed by atoms with Gasteiger partial charge in [0.2, 0.25) is 0 Å². The van der Waals surface area contributed by atoms with Gasteiger partial charge in [-0.1, -0.05) is 33.8 Å². The van der Waals surface area contributed by atoms with Crippen molar-refractivity contribution in [3.63, 3.8) is 0 Å². The van der Waals surface area contributed by atoms with E-state index >= 15 is 0 Å². The monoisotopic (exact) mass is 363 g/mol. The number of ether oxygens (including phenoxy) is 1. The Balaban J connectivity index is 1.71. The predicted molar refractivity (Wildman–Crippen MR) is 88.8 cm³/mol. The molecule has 5 heteroatoms. The van der Waals surface area contributed by atoms with Crippen molar-refractivity contribution < 1.29 is 9.53 Å². The van der Waals surface area contributed by atoms with E-state index in [1.165, 1.54) is 11.3 Å². The SMILES string of the molecule is Cc1csc(C(=O)NCC#CCOc2cccc(Br)c2)c1. The summed E-state index contributed by atoms with van der Waals surface area (Å²) in [6.45, 7) is 2.58. The molecular weight excluding hydrogens is 350 g/mol. The normalized spacial score (nSPS) is 9.62. The van der Waals surface area contributed by atoms with Gasteiger partial charge in [0.25, 0.3) is 5.91 Å². The molecule has 0 atom stereocenters. The number of halogens is 1. The highest BCUT2D eigenvalue weighted by Crippen LogP contribution is 2.17. The minimum absolute atomic E-state index is 0.0877. The van der Waals surface area contributed by atoms with Crippen LogP contribution in [0.3, 0.4) is 0 Å². The van der Waals surface area contributed by atoms with E-state index in [9.17, 15) is 4.79 Å². The molecule has 0 bridgehead atoms. The second-order valence-corrected chi connectivity index (χ2v) is 6.10. The predicted octanol–water partition coefficient (Wildman–Crippen LogP) is 3.63. The summed E-state index contributed by atoms with van der Waals surface area (Å²) in [6.07, 6.45) is 0. The van der Waals surface area contributed by atoms with Crippen LogP contribution in [0.1, 0.15) is 15.2 Å². The fourth-order valence-electron chi connectivity index (χ4n) is 1.55. The van der Waals surface area contributed by atoms with Crippen molar-refractivity contribution in [1.29, 1.82) is 0 Å². The maximum Gasteiger partial charge on any atom is 0.262 e. The van der Waals surface area contributed by atoms with Gasteiger partial charge in [0, 0.05) is 4.47 Å². The van der Waals surface area contributed by atoms with Crippen molar-refractivity contribution >= 4 is 33.2 Å². The van der Waals surface area contributed by atoms with Crippen LogP contribution in [0.5, 0.6) is 5.75 Å². The summed E-state index contributed by atoms with van der Waals surface area (Å²) in [5.41, 5.74) is 1.10. The molecule has 1 N–H and O–H groups in total. The van der Waals surface area contributed by atoms with Gasteiger partial charge >= 0.3 is 0 Å². The van der Waals surface area contributed by atoms with Gasteiger partial charge in [-0.3, -0.25) is 4.79 Å². The average molecular weight is 364 g/mol. The first-order valence-electron chi connectivity index (χ1n) is 6.32. The van der Waals surface area contributed by atoms with Gasteiger partial charge in [0.1, 0.15) is 12.4 Å². The van der Waals surface area contributed by atoms with Crippen LogP contribution in [0.25, 0.3) is 0 Å². The topological polar surface area (TPSA) is 38.3 Å². The number of carbonyl (C=O) groups excluding carboxylic acids is 1. The van der Waals surface area contributed by atoms with Gasteiger partial charge in [0.15, 0.2) is 0 Å². The lowest BCUT2D eigenvalue weighted by Gasteiger charge is -2.01. The van der Waals surface area contributed by atoms with Crippen molar-refractivity contribution in [2.45, 2.75) is 6.92 Å². The molecule has 1 aromatic heterocycles. The summed E-state index contributed by atoms with van der Waals surface area (Å²) in [4.78, 5) is 12.5. The van der Waals surface area contributed by atoms with E-state index in [2.05, 4.69) is 33.1 Å². The highest BCUT2D eigenvalue weighted by Gasteiger charge is 2.05. The van der Waals surface area contributed by atoms with Crippen LogP contribution >= 0.6 is 27.3 Å². The zero-order valence-corrected chi connectivity index (χ0v) is 13.9. The summed E-state index contributed by atoms with van der Waals surface area (Å²) in [5, 5.41) is 4.71. The number of hydrogen-bond donors (Lipinski definition) is 1. The second kappa shape index (κ2) is 7.87. The maximum atomic E-state index is 11.7. The van der Waals surface area contributed by atoms with Crippen molar-refractivity contribution in [2.24, 2.45) is 0 Å². The van der Waals surface area contributed by atoms with Crippen LogP contribution < -0.4 is 10.1 Å². The Labute approximate surface area is 136 Å². The van der Waals surface area contributed by atoms with Crippen LogP contribution in [0, 0.1) is 18.8 Å². The molecule has 1 aromatic carbocycles. The maximum absolute atomic E-state index is 11.7. The Bertz CT molecular complexity index is 685. The second-order valence-electron chi connectivity index (χ2n) is 4.27. The van der Waals surface area contributed by atoms with Gasteiger partial charge in [0.05, 0.1) is 11.4 Å². The highest BCUT2D eigenvalue weighted by molar-refractivity contribution is 9.10. The third kappa shape index (κ3) is 5.25. The Morgan fingerprint density at radius 1 is 1.38 bits per heavy atom. The third-order valence-electron chi connectivity index (χ3n) is 2.52. The molecule has 0 aliphatic rings. The van der Waals surface area contributed by atoms with E-state index in [0.717, 1.165) is 15.8 Å². The molecule has 0 saturated heterocycles. The summed E-state index contributed by atoms with van der Waals surface area (Å²) in [6, 6.07) is 9.44. The largest absolute Gasteiger partial charge is 0.481 e. The van der Waals surface area contributed by atoms with Gasteiger partial charge < -0.3 is 10.1 Å². The van der Waals surface area contributed by atoms with Gasteiger partial charge in [-0.25, -0.2) is 0 Å². The lowest BCUT2D eigenvalue weighted by Crippen LogP contribution is -2.22. The van der Waals surface area contributed by atoms with E-state index in [1.807, 2.05) is 42.6 Å². The van der Waals surface area contributed by atoms with E-state index in [-0.39, 0.29) is 5.91 Å². The van der Waals surface area contributed by atoms with Crippen LogP contribution in [-0.4, -0.2) is 19.1 Å². The van der Waals surface area contributed by atoms with Gasteiger partial charge in [-0.2, -0.15) is 0 Å². The summed E-state index contributed by atoms with van der Waals surface area (Å²) >= 11 is 4.81. The first kappa shape index (κ1) is 15.6. The number of aryl methyl sites for hydroxylation is 1. The molecule has 0 aliphatic carbocycles. The molecule has 1 amide bonds. The average Bonchev–Trinajstić information content (AvgIpc) is 2.89. The Morgan fingerprint density at radius 2 is 2.24 bits per heavy atom. The van der Waals surface area contributed by atoms with Gasteiger partial charge in [-0.05, 0) is 42.1 Å². The first-order valence-corrected chi connectivity index (χ1v) is 8.00. The molecule has 0 spiro atoms. The number of benzene rings is 1. The van der Waals surface area contributed by atoms with E-state index in [4.69, 9.17) is 4.74 Å². The van der Waals surface area contributed by atoms with Crippen LogP contribution in [-0.2, 0) is 0 Å². The number of carbonyl (C=O) groups is 1. The van der Waals surface area contributed by atoms with E-state index in [0.29, 0.717) is 18.0 Å². The van der Waals surface area contributed by atoms with Crippen LogP contribution in [0.15, 0.2) is 40.2 Å². The molecular formula is C16H14BrNO2S. The van der Waals surface area contributed by atoms with Crippen molar-refractivity contribution in [3.8, 4) is 17.6 Å². The highest BCUT2D eigenvalue weighted by atomic mass is 79.9. The number of amides is 1. The Hall–Kier alpha value is -1.77. The molecule has 0 radical (unpaired) electrons. The van der Waals surface area contributed by atoms with Crippen molar-refractivity contribution in [1.82, 2.24) is 5.32 Å². The number of rotatable bonds is 4. The number of thiophene rings is 1. The quantitative estimate of drug-likeness (QED) is 0.842. The van der Waals surface area contributed by atoms with Crippen molar-refractivity contribution in [3.05, 3.63) is 50.6 Å². The van der Waals surface area contributed by atoms with E-state index < -0.39 is 0 Å². The Kier molecular flexibility index (Phi) is 5.85. The van der Waals surface area contributed by atoms with Crippen LogP contribution in [0.4, 0.5) is 0 Å². The molecule has 0 unspecified atom stereocenters. The molecule has 1 heterocycles. The zero-order chi connectivity index (χ0) is 15.1. The fraction of sp³-hybridized carbons (Fsp3) is 0.188. The van der Waals surface area contributed by atoms with Gasteiger partial charge in [-0.15, -0.1) is 11.3 Å². The number of nitrogens with one attached hydrogen (secondary N) is 1. The Morgan fingerprint density at radius 3 is 2.95 bits per heavy atom. The number of hydrogen-bond acceptors (Lipinski definition) is 3. The van der Waals surface area contributed by atoms with Crippen molar-refractivity contribution in [2.75, 3.05) is 13.2 Å². The van der Waals surface area contributed by atoms with E-state index in [1.54, 1.807) is 0 Å². The fourth-order valence-corrected chi connectivity index (χ4v) is 2.74. The standard InChI is InChI=1S/C16H14BrNO2S/c1-12-9-15(21-11-12)16(19)18-7-2-3-8-20-14-6-4-5-13(17)10-14/h4-6,9-11H,7-8H2,1H3,(H,18,19). The molecule has 2 aromatic rings. The molecule has 3 nitrogen and oxygen atoms in total. The smallest absolute Gasteiger partial charge is 0.262 e. The molecule has 0 fully saturated rings. The molecule has 21 heavy (non-hydrogen) atoms. The zero-order valence-electron chi connectivity index (χ0n) is 11.5. The molecule has 2 rings (SSSR count). The summed E-state index contributed by atoms with van der Waals surface area (Å²) in [5.74, 6) is 6.40. The lowest BCUT2D eigenvalue weighted by molar-refractivity contribution is 0.0962. The lowest BCUT2D eigenvalue weighted by atomic mass is 10.3. The van der Waals surface area contributed by atoms with Crippen LogP contribution in [0.2, 0.25) is 0 Å². The molecule has 0 aliphatic heterocycles. The molecule has 0 saturated carbocycles. The first-order chi connectivity index (χ1) is 10.1. The summed E-state index contributed by atoms with van der Waals surface area (Å²) in [7, 11) is 0. The third-order valence-corrected chi connectivity index (χ3v) is 4.06. The summed E-state index contributed by atoms with van der Waals surface area (Å²) < 4.78 is 6.43. The molecule has 108 valence electrons.